The lowest BCUT2D eigenvalue weighted by atomic mass is 10.0. The molecular weight excluding hydrogens is 180 g/mol. The highest BCUT2D eigenvalue weighted by Crippen LogP contribution is 2.16. The van der Waals surface area contributed by atoms with E-state index in [0.29, 0.717) is 17.9 Å². The monoisotopic (exact) mass is 194 g/mol. The van der Waals surface area contributed by atoms with Crippen molar-refractivity contribution in [2.24, 2.45) is 0 Å². The van der Waals surface area contributed by atoms with Crippen LogP contribution in [0.4, 0.5) is 0 Å². The zero-order valence-electron chi connectivity index (χ0n) is 8.40. The number of aliphatic carboxylic acids is 1. The third-order valence-electron chi connectivity index (χ3n) is 2.11. The summed E-state index contributed by atoms with van der Waals surface area (Å²) in [7, 11) is 0. The number of carbonyl (C=O) groups is 1. The average molecular weight is 194 g/mol. The molecule has 0 aromatic carbocycles. The molecule has 0 aliphatic carbocycles. The minimum absolute atomic E-state index is 0.511. The Morgan fingerprint density at radius 3 is 2.79 bits per heavy atom. The van der Waals surface area contributed by atoms with Crippen LogP contribution in [0.25, 0.3) is 0 Å². The van der Waals surface area contributed by atoms with Crippen LogP contribution >= 0.6 is 0 Å². The average Bonchev–Trinajstić information content (AvgIpc) is 2.19. The Bertz CT molecular complexity index is 326. The maximum Gasteiger partial charge on any atom is 0.312 e. The van der Waals surface area contributed by atoms with Crippen molar-refractivity contribution in [1.82, 2.24) is 9.97 Å². The molecule has 0 fully saturated rings. The largest absolute Gasteiger partial charge is 0.481 e. The molecule has 76 valence electrons. The molecule has 0 saturated carbocycles. The molecule has 0 saturated heterocycles. The SMILES string of the molecule is CCc1nccc(C(CC)C(=O)O)n1. The lowest BCUT2D eigenvalue weighted by Gasteiger charge is -2.09. The van der Waals surface area contributed by atoms with E-state index >= 15 is 0 Å². The van der Waals surface area contributed by atoms with E-state index in [1.807, 2.05) is 13.8 Å². The molecule has 1 aromatic rings. The molecule has 1 N–H and O–H groups in total. The first-order valence-corrected chi connectivity index (χ1v) is 4.73. The Morgan fingerprint density at radius 2 is 2.29 bits per heavy atom. The summed E-state index contributed by atoms with van der Waals surface area (Å²) in [6.45, 7) is 3.79. The minimum Gasteiger partial charge on any atom is -0.481 e. The van der Waals surface area contributed by atoms with Gasteiger partial charge in [0, 0.05) is 12.6 Å². The van der Waals surface area contributed by atoms with Gasteiger partial charge in [-0.3, -0.25) is 4.79 Å². The number of nitrogens with zero attached hydrogens (tertiary/aromatic N) is 2. The molecule has 1 aromatic heterocycles. The van der Waals surface area contributed by atoms with Crippen molar-refractivity contribution in [3.63, 3.8) is 0 Å². The number of aryl methyl sites for hydroxylation is 1. The van der Waals surface area contributed by atoms with E-state index in [0.717, 1.165) is 6.42 Å². The van der Waals surface area contributed by atoms with Gasteiger partial charge < -0.3 is 5.11 Å². The van der Waals surface area contributed by atoms with Crippen molar-refractivity contribution >= 4 is 5.97 Å². The number of hydrogen-bond donors (Lipinski definition) is 1. The van der Waals surface area contributed by atoms with Crippen LogP contribution in [0.15, 0.2) is 12.3 Å². The van der Waals surface area contributed by atoms with Crippen LogP contribution in [0, 0.1) is 0 Å². The molecule has 1 rings (SSSR count). The zero-order chi connectivity index (χ0) is 10.6. The number of aromatic nitrogens is 2. The molecule has 14 heavy (non-hydrogen) atoms. The van der Waals surface area contributed by atoms with Gasteiger partial charge in [0.15, 0.2) is 0 Å². The fourth-order valence-electron chi connectivity index (χ4n) is 1.29. The third kappa shape index (κ3) is 2.28. The summed E-state index contributed by atoms with van der Waals surface area (Å²) in [5.74, 6) is -0.640. The van der Waals surface area contributed by atoms with Gasteiger partial charge in [0.2, 0.25) is 0 Å². The quantitative estimate of drug-likeness (QED) is 0.791. The van der Waals surface area contributed by atoms with E-state index < -0.39 is 11.9 Å². The predicted octanol–water partition coefficient (Wildman–Crippen LogP) is 1.62. The van der Waals surface area contributed by atoms with Gasteiger partial charge in [0.25, 0.3) is 0 Å². The van der Waals surface area contributed by atoms with E-state index in [1.54, 1.807) is 12.3 Å². The Balaban J connectivity index is 2.98. The lowest BCUT2D eigenvalue weighted by Crippen LogP contribution is -2.13. The van der Waals surface area contributed by atoms with Gasteiger partial charge in [-0.25, -0.2) is 9.97 Å². The first-order chi connectivity index (χ1) is 6.69. The maximum atomic E-state index is 10.9. The van der Waals surface area contributed by atoms with Gasteiger partial charge in [0.05, 0.1) is 11.6 Å². The summed E-state index contributed by atoms with van der Waals surface area (Å²) in [6.07, 6.45) is 2.90. The van der Waals surface area contributed by atoms with Gasteiger partial charge in [-0.2, -0.15) is 0 Å². The molecular formula is C10H14N2O2. The molecule has 0 radical (unpaired) electrons. The molecule has 0 amide bonds. The molecule has 1 heterocycles. The van der Waals surface area contributed by atoms with Crippen LogP contribution in [0.5, 0.6) is 0 Å². The van der Waals surface area contributed by atoms with E-state index in [9.17, 15) is 4.79 Å². The maximum absolute atomic E-state index is 10.9. The molecule has 0 aliphatic rings. The zero-order valence-corrected chi connectivity index (χ0v) is 8.40. The van der Waals surface area contributed by atoms with Crippen LogP contribution in [0.2, 0.25) is 0 Å². The smallest absolute Gasteiger partial charge is 0.312 e. The summed E-state index contributed by atoms with van der Waals surface area (Å²) in [5, 5.41) is 8.93. The van der Waals surface area contributed by atoms with E-state index in [2.05, 4.69) is 9.97 Å². The van der Waals surface area contributed by atoms with E-state index in [1.165, 1.54) is 0 Å². The standard InChI is InChI=1S/C10H14N2O2/c1-3-7(10(13)14)8-5-6-11-9(4-2)12-8/h5-7H,3-4H2,1-2H3,(H,13,14). The highest BCUT2D eigenvalue weighted by atomic mass is 16.4. The first-order valence-electron chi connectivity index (χ1n) is 4.73. The molecule has 0 aliphatic heterocycles. The van der Waals surface area contributed by atoms with Crippen LogP contribution < -0.4 is 0 Å². The third-order valence-corrected chi connectivity index (χ3v) is 2.11. The highest BCUT2D eigenvalue weighted by molar-refractivity contribution is 5.75. The van der Waals surface area contributed by atoms with Gasteiger partial charge in [-0.1, -0.05) is 13.8 Å². The number of carboxylic acids is 1. The number of hydrogen-bond acceptors (Lipinski definition) is 3. The van der Waals surface area contributed by atoms with Crippen LogP contribution in [-0.4, -0.2) is 21.0 Å². The highest BCUT2D eigenvalue weighted by Gasteiger charge is 2.18. The second-order valence-corrected chi connectivity index (χ2v) is 3.05. The van der Waals surface area contributed by atoms with Crippen molar-refractivity contribution < 1.29 is 9.90 Å². The second-order valence-electron chi connectivity index (χ2n) is 3.05. The van der Waals surface area contributed by atoms with Gasteiger partial charge in [0.1, 0.15) is 5.82 Å². The van der Waals surface area contributed by atoms with Crippen molar-refractivity contribution in [2.75, 3.05) is 0 Å². The molecule has 0 spiro atoms. The van der Waals surface area contributed by atoms with Crippen LogP contribution in [0.3, 0.4) is 0 Å². The minimum atomic E-state index is -0.826. The molecule has 1 unspecified atom stereocenters. The van der Waals surface area contributed by atoms with Gasteiger partial charge in [-0.15, -0.1) is 0 Å². The number of rotatable bonds is 4. The summed E-state index contributed by atoms with van der Waals surface area (Å²) >= 11 is 0. The molecule has 4 heteroatoms. The fourth-order valence-corrected chi connectivity index (χ4v) is 1.29. The second kappa shape index (κ2) is 4.69. The van der Waals surface area contributed by atoms with Crippen molar-refractivity contribution in [3.05, 3.63) is 23.8 Å². The predicted molar refractivity (Wildman–Crippen MR) is 52.1 cm³/mol. The normalized spacial score (nSPS) is 12.4. The van der Waals surface area contributed by atoms with Gasteiger partial charge in [-0.05, 0) is 12.5 Å². The van der Waals surface area contributed by atoms with Crippen molar-refractivity contribution in [3.8, 4) is 0 Å². The summed E-state index contributed by atoms with van der Waals surface area (Å²) < 4.78 is 0. The fraction of sp³-hybridized carbons (Fsp3) is 0.500. The topological polar surface area (TPSA) is 63.1 Å². The number of carboxylic acid groups (broad SMARTS) is 1. The Hall–Kier alpha value is -1.45. The molecule has 4 nitrogen and oxygen atoms in total. The molecule has 1 atom stereocenters. The Kier molecular flexibility index (Phi) is 3.56. The Morgan fingerprint density at radius 1 is 1.57 bits per heavy atom. The molecule has 0 bridgehead atoms. The van der Waals surface area contributed by atoms with Crippen molar-refractivity contribution in [1.29, 1.82) is 0 Å². The van der Waals surface area contributed by atoms with Gasteiger partial charge >= 0.3 is 5.97 Å². The lowest BCUT2D eigenvalue weighted by molar-refractivity contribution is -0.138. The van der Waals surface area contributed by atoms with Crippen LogP contribution in [0.1, 0.15) is 37.7 Å². The van der Waals surface area contributed by atoms with Crippen molar-refractivity contribution in [2.45, 2.75) is 32.6 Å². The summed E-state index contributed by atoms with van der Waals surface area (Å²) in [4.78, 5) is 19.1. The summed E-state index contributed by atoms with van der Waals surface area (Å²) in [5.41, 5.74) is 0.604. The Labute approximate surface area is 83.0 Å². The van der Waals surface area contributed by atoms with E-state index in [-0.39, 0.29) is 0 Å². The first kappa shape index (κ1) is 10.6. The van der Waals surface area contributed by atoms with Crippen LogP contribution in [-0.2, 0) is 11.2 Å². The summed E-state index contributed by atoms with van der Waals surface area (Å²) in [6, 6.07) is 1.67. The van der Waals surface area contributed by atoms with E-state index in [4.69, 9.17) is 5.11 Å².